The molecular weight excluding hydrogens is 246 g/mol. The Kier molecular flexibility index (Phi) is 3.61. The number of carbonyl (C=O) groups is 1. The predicted octanol–water partition coefficient (Wildman–Crippen LogP) is 1.95. The maximum absolute atomic E-state index is 11.1. The number of anilines is 2. The number of ether oxygens (including phenoxy) is 1. The maximum atomic E-state index is 11.1. The molecule has 0 spiro atoms. The Hall–Kier alpha value is -2.63. The molecule has 19 heavy (non-hydrogen) atoms. The summed E-state index contributed by atoms with van der Waals surface area (Å²) in [6, 6.07) is 7.28. The van der Waals surface area contributed by atoms with Gasteiger partial charge in [-0.15, -0.1) is 0 Å². The first-order chi connectivity index (χ1) is 9.13. The van der Waals surface area contributed by atoms with Crippen molar-refractivity contribution in [3.05, 3.63) is 42.4 Å². The van der Waals surface area contributed by atoms with Gasteiger partial charge < -0.3 is 14.7 Å². The molecule has 0 radical (unpaired) electrons. The van der Waals surface area contributed by atoms with Crippen LogP contribution < -0.4 is 9.64 Å². The highest BCUT2D eigenvalue weighted by molar-refractivity contribution is 5.93. The lowest BCUT2D eigenvalue weighted by Crippen LogP contribution is -2.16. The summed E-state index contributed by atoms with van der Waals surface area (Å²) in [6.07, 6.45) is 2.60. The molecule has 6 nitrogen and oxygen atoms in total. The summed E-state index contributed by atoms with van der Waals surface area (Å²) < 4.78 is 5.14. The summed E-state index contributed by atoms with van der Waals surface area (Å²) in [5, 5.41) is 9.13. The molecule has 0 aliphatic heterocycles. The van der Waals surface area contributed by atoms with Gasteiger partial charge in [0.05, 0.1) is 7.11 Å². The minimum atomic E-state index is -1.06. The minimum Gasteiger partial charge on any atom is -0.497 e. The monoisotopic (exact) mass is 259 g/mol. The number of carboxylic acid groups (broad SMARTS) is 1. The van der Waals surface area contributed by atoms with Crippen LogP contribution in [0.5, 0.6) is 5.75 Å². The second-order valence-electron chi connectivity index (χ2n) is 3.83. The first kappa shape index (κ1) is 12.8. The third-order valence-corrected chi connectivity index (χ3v) is 2.68. The predicted molar refractivity (Wildman–Crippen MR) is 70.0 cm³/mol. The van der Waals surface area contributed by atoms with E-state index >= 15 is 0 Å². The molecule has 0 aliphatic rings. The number of hydrogen-bond acceptors (Lipinski definition) is 5. The Balaban J connectivity index is 2.43. The fourth-order valence-electron chi connectivity index (χ4n) is 1.68. The molecule has 0 fully saturated rings. The third kappa shape index (κ3) is 2.62. The quantitative estimate of drug-likeness (QED) is 0.904. The Labute approximate surface area is 110 Å². The fraction of sp³-hybridized carbons (Fsp3) is 0.154. The number of rotatable bonds is 4. The molecule has 2 rings (SSSR count). The molecule has 2 aromatic rings. The van der Waals surface area contributed by atoms with Crippen LogP contribution in [-0.4, -0.2) is 35.2 Å². The summed E-state index contributed by atoms with van der Waals surface area (Å²) in [5.74, 6) is -0.0450. The number of aromatic nitrogens is 2. The summed E-state index contributed by atoms with van der Waals surface area (Å²) >= 11 is 0. The Morgan fingerprint density at radius 2 is 2.21 bits per heavy atom. The zero-order valence-electron chi connectivity index (χ0n) is 10.6. The lowest BCUT2D eigenvalue weighted by Gasteiger charge is -2.20. The highest BCUT2D eigenvalue weighted by atomic mass is 16.5. The molecule has 0 saturated carbocycles. The van der Waals surface area contributed by atoms with E-state index in [1.807, 2.05) is 18.2 Å². The fourth-order valence-corrected chi connectivity index (χ4v) is 1.68. The van der Waals surface area contributed by atoms with Gasteiger partial charge in [-0.05, 0) is 12.1 Å². The molecule has 0 atom stereocenters. The molecule has 1 aromatic heterocycles. The molecule has 0 aliphatic carbocycles. The molecule has 0 amide bonds. The van der Waals surface area contributed by atoms with E-state index in [0.29, 0.717) is 11.6 Å². The Morgan fingerprint density at radius 1 is 1.42 bits per heavy atom. The number of carboxylic acids is 1. The van der Waals surface area contributed by atoms with E-state index in [-0.39, 0.29) is 5.56 Å². The van der Waals surface area contributed by atoms with Crippen molar-refractivity contribution in [2.75, 3.05) is 19.1 Å². The van der Waals surface area contributed by atoms with Crippen molar-refractivity contribution in [2.24, 2.45) is 0 Å². The van der Waals surface area contributed by atoms with Crippen LogP contribution in [-0.2, 0) is 0 Å². The second-order valence-corrected chi connectivity index (χ2v) is 3.83. The number of hydrogen-bond donors (Lipinski definition) is 1. The van der Waals surface area contributed by atoms with Gasteiger partial charge in [0.2, 0.25) is 0 Å². The van der Waals surface area contributed by atoms with E-state index in [2.05, 4.69) is 9.97 Å². The van der Waals surface area contributed by atoms with Crippen LogP contribution >= 0.6 is 0 Å². The summed E-state index contributed by atoms with van der Waals surface area (Å²) in [5.41, 5.74) is 0.827. The Morgan fingerprint density at radius 3 is 2.89 bits per heavy atom. The highest BCUT2D eigenvalue weighted by Crippen LogP contribution is 2.27. The van der Waals surface area contributed by atoms with Crippen molar-refractivity contribution in [3.8, 4) is 5.75 Å². The number of methoxy groups -OCH3 is 1. The molecule has 0 unspecified atom stereocenters. The van der Waals surface area contributed by atoms with Gasteiger partial charge in [-0.3, -0.25) is 0 Å². The van der Waals surface area contributed by atoms with Gasteiger partial charge in [0, 0.05) is 25.0 Å². The minimum absolute atomic E-state index is 0.0489. The van der Waals surface area contributed by atoms with E-state index in [9.17, 15) is 4.79 Å². The number of aromatic carboxylic acids is 1. The smallest absolute Gasteiger partial charge is 0.341 e. The molecule has 0 saturated heterocycles. The molecule has 1 N–H and O–H groups in total. The molecule has 0 bridgehead atoms. The van der Waals surface area contributed by atoms with Gasteiger partial charge in [-0.25, -0.2) is 14.8 Å². The molecular formula is C13H13N3O3. The zero-order chi connectivity index (χ0) is 13.8. The summed E-state index contributed by atoms with van der Waals surface area (Å²) in [4.78, 5) is 20.6. The van der Waals surface area contributed by atoms with E-state index < -0.39 is 5.97 Å². The van der Waals surface area contributed by atoms with Gasteiger partial charge in [-0.1, -0.05) is 6.07 Å². The van der Waals surface area contributed by atoms with Gasteiger partial charge in [0.1, 0.15) is 17.6 Å². The molecule has 98 valence electrons. The van der Waals surface area contributed by atoms with Crippen LogP contribution in [0.15, 0.2) is 36.8 Å². The van der Waals surface area contributed by atoms with Gasteiger partial charge in [0.25, 0.3) is 0 Å². The van der Waals surface area contributed by atoms with Gasteiger partial charge in [-0.2, -0.15) is 0 Å². The van der Waals surface area contributed by atoms with E-state index in [1.54, 1.807) is 25.1 Å². The average Bonchev–Trinajstić information content (AvgIpc) is 2.46. The molecule has 1 heterocycles. The van der Waals surface area contributed by atoms with Crippen molar-refractivity contribution in [2.45, 2.75) is 0 Å². The van der Waals surface area contributed by atoms with Crippen LogP contribution in [0, 0.1) is 0 Å². The lowest BCUT2D eigenvalue weighted by molar-refractivity contribution is 0.0697. The topological polar surface area (TPSA) is 75.5 Å². The van der Waals surface area contributed by atoms with Crippen LogP contribution in [0.25, 0.3) is 0 Å². The summed E-state index contributed by atoms with van der Waals surface area (Å²) in [6.45, 7) is 0. The first-order valence-electron chi connectivity index (χ1n) is 5.54. The van der Waals surface area contributed by atoms with Crippen molar-refractivity contribution in [3.63, 3.8) is 0 Å². The first-order valence-corrected chi connectivity index (χ1v) is 5.54. The van der Waals surface area contributed by atoms with Gasteiger partial charge >= 0.3 is 5.97 Å². The molecule has 6 heteroatoms. The standard InChI is InChI=1S/C13H13N3O3/c1-16(9-4-3-5-10(6-9)19-2)12-11(13(17)18)7-14-8-15-12/h3-8H,1-2H3,(H,17,18). The van der Waals surface area contributed by atoms with Crippen molar-refractivity contribution >= 4 is 17.5 Å². The van der Waals surface area contributed by atoms with Crippen LogP contribution in [0.3, 0.4) is 0 Å². The maximum Gasteiger partial charge on any atom is 0.341 e. The van der Waals surface area contributed by atoms with Gasteiger partial charge in [0.15, 0.2) is 5.82 Å². The third-order valence-electron chi connectivity index (χ3n) is 2.68. The van der Waals surface area contributed by atoms with Crippen LogP contribution in [0.1, 0.15) is 10.4 Å². The van der Waals surface area contributed by atoms with E-state index in [1.165, 1.54) is 12.5 Å². The van der Waals surface area contributed by atoms with Crippen molar-refractivity contribution in [1.29, 1.82) is 0 Å². The number of benzene rings is 1. The van der Waals surface area contributed by atoms with Crippen molar-refractivity contribution in [1.82, 2.24) is 9.97 Å². The highest BCUT2D eigenvalue weighted by Gasteiger charge is 2.16. The normalized spacial score (nSPS) is 10.0. The molecule has 1 aromatic carbocycles. The van der Waals surface area contributed by atoms with E-state index in [4.69, 9.17) is 9.84 Å². The van der Waals surface area contributed by atoms with E-state index in [0.717, 1.165) is 5.69 Å². The SMILES string of the molecule is COc1cccc(N(C)c2ncncc2C(=O)O)c1. The average molecular weight is 259 g/mol. The zero-order valence-corrected chi connectivity index (χ0v) is 10.6. The largest absolute Gasteiger partial charge is 0.497 e. The summed E-state index contributed by atoms with van der Waals surface area (Å²) in [7, 11) is 3.32. The van der Waals surface area contributed by atoms with Crippen molar-refractivity contribution < 1.29 is 14.6 Å². The van der Waals surface area contributed by atoms with Crippen LogP contribution in [0.4, 0.5) is 11.5 Å². The Bertz CT molecular complexity index is 601. The van der Waals surface area contributed by atoms with Crippen LogP contribution in [0.2, 0.25) is 0 Å². The number of nitrogens with zero attached hydrogens (tertiary/aromatic N) is 3. The second kappa shape index (κ2) is 5.34. The lowest BCUT2D eigenvalue weighted by atomic mass is 10.2.